The number of carboxylic acid groups (broad SMARTS) is 1. The predicted molar refractivity (Wildman–Crippen MR) is 89.9 cm³/mol. The van der Waals surface area contributed by atoms with E-state index < -0.39 is 5.97 Å². The Balaban J connectivity index is 1.69. The highest BCUT2D eigenvalue weighted by molar-refractivity contribution is 7.99. The molecule has 0 saturated heterocycles. The number of benzene rings is 1. The summed E-state index contributed by atoms with van der Waals surface area (Å²) in [6.07, 6.45) is 4.71. The largest absolute Gasteiger partial charge is 0.481 e. The average molecular weight is 333 g/mol. The van der Waals surface area contributed by atoms with Crippen LogP contribution in [0.4, 0.5) is 0 Å². The second-order valence-electron chi connectivity index (χ2n) is 4.92. The van der Waals surface area contributed by atoms with Crippen molar-refractivity contribution in [3.63, 3.8) is 0 Å². The normalized spacial score (nSPS) is 10.4. The SMILES string of the molecule is O=C(O)CSCCNC(=O)CCc1cnn(-c2ccccc2)c1. The minimum Gasteiger partial charge on any atom is -0.481 e. The smallest absolute Gasteiger partial charge is 0.313 e. The van der Waals surface area contributed by atoms with E-state index in [1.54, 1.807) is 10.9 Å². The Morgan fingerprint density at radius 3 is 2.78 bits per heavy atom. The molecule has 2 rings (SSSR count). The van der Waals surface area contributed by atoms with E-state index in [9.17, 15) is 9.59 Å². The Kier molecular flexibility index (Phi) is 6.68. The summed E-state index contributed by atoms with van der Waals surface area (Å²) in [5, 5.41) is 15.6. The van der Waals surface area contributed by atoms with Gasteiger partial charge in [0.1, 0.15) is 0 Å². The minimum absolute atomic E-state index is 0.0339. The molecule has 1 aromatic heterocycles. The van der Waals surface area contributed by atoms with Crippen molar-refractivity contribution in [2.75, 3.05) is 18.1 Å². The molecule has 23 heavy (non-hydrogen) atoms. The van der Waals surface area contributed by atoms with E-state index in [4.69, 9.17) is 5.11 Å². The van der Waals surface area contributed by atoms with Crippen LogP contribution in [0.3, 0.4) is 0 Å². The third-order valence-electron chi connectivity index (χ3n) is 3.09. The number of hydrogen-bond donors (Lipinski definition) is 2. The molecule has 1 amide bonds. The highest BCUT2D eigenvalue weighted by Gasteiger charge is 2.05. The Bertz CT molecular complexity index is 643. The number of carbonyl (C=O) groups is 2. The summed E-state index contributed by atoms with van der Waals surface area (Å²) in [6.45, 7) is 0.486. The number of carboxylic acids is 1. The lowest BCUT2D eigenvalue weighted by Crippen LogP contribution is -2.26. The number of aromatic nitrogens is 2. The lowest BCUT2D eigenvalue weighted by Gasteiger charge is -2.03. The van der Waals surface area contributed by atoms with Crippen LogP contribution in [-0.4, -0.2) is 44.8 Å². The molecule has 0 aliphatic carbocycles. The molecular weight excluding hydrogens is 314 g/mol. The quantitative estimate of drug-likeness (QED) is 0.683. The Hall–Kier alpha value is -2.28. The van der Waals surface area contributed by atoms with E-state index >= 15 is 0 Å². The van der Waals surface area contributed by atoms with E-state index in [1.807, 2.05) is 36.5 Å². The number of hydrogen-bond acceptors (Lipinski definition) is 4. The van der Waals surface area contributed by atoms with Gasteiger partial charge in [0.25, 0.3) is 0 Å². The zero-order chi connectivity index (χ0) is 16.5. The van der Waals surface area contributed by atoms with Gasteiger partial charge in [0.15, 0.2) is 0 Å². The van der Waals surface area contributed by atoms with Crippen LogP contribution < -0.4 is 5.32 Å². The van der Waals surface area contributed by atoms with E-state index in [0.29, 0.717) is 25.1 Å². The first kappa shape index (κ1) is 17.1. The molecule has 0 aliphatic rings. The number of para-hydroxylation sites is 1. The summed E-state index contributed by atoms with van der Waals surface area (Å²) in [5.74, 6) is -0.205. The molecule has 122 valence electrons. The first-order valence-electron chi connectivity index (χ1n) is 7.30. The summed E-state index contributed by atoms with van der Waals surface area (Å²) in [4.78, 5) is 22.1. The van der Waals surface area contributed by atoms with Gasteiger partial charge in [-0.1, -0.05) is 18.2 Å². The van der Waals surface area contributed by atoms with Gasteiger partial charge in [-0.2, -0.15) is 5.10 Å². The molecule has 0 saturated carbocycles. The molecule has 0 radical (unpaired) electrons. The monoisotopic (exact) mass is 333 g/mol. The summed E-state index contributed by atoms with van der Waals surface area (Å²) in [6, 6.07) is 9.79. The van der Waals surface area contributed by atoms with Gasteiger partial charge < -0.3 is 10.4 Å². The molecule has 0 aliphatic heterocycles. The molecular formula is C16H19N3O3S. The van der Waals surface area contributed by atoms with E-state index in [1.165, 1.54) is 11.8 Å². The fourth-order valence-corrected chi connectivity index (χ4v) is 2.54. The number of aryl methyl sites for hydroxylation is 1. The van der Waals surface area contributed by atoms with Crippen molar-refractivity contribution in [3.8, 4) is 5.69 Å². The molecule has 1 heterocycles. The number of thioether (sulfide) groups is 1. The maximum atomic E-state index is 11.7. The van der Waals surface area contributed by atoms with Crippen molar-refractivity contribution in [3.05, 3.63) is 48.3 Å². The Labute approximate surface area is 138 Å². The van der Waals surface area contributed by atoms with Gasteiger partial charge in [0, 0.05) is 24.9 Å². The summed E-state index contributed by atoms with van der Waals surface area (Å²) >= 11 is 1.29. The zero-order valence-electron chi connectivity index (χ0n) is 12.6. The van der Waals surface area contributed by atoms with Gasteiger partial charge in [-0.25, -0.2) is 4.68 Å². The van der Waals surface area contributed by atoms with Gasteiger partial charge in [0.2, 0.25) is 5.91 Å². The van der Waals surface area contributed by atoms with E-state index in [2.05, 4.69) is 10.4 Å². The molecule has 2 N–H and O–H groups in total. The minimum atomic E-state index is -0.836. The van der Waals surface area contributed by atoms with Crippen LogP contribution in [0.25, 0.3) is 5.69 Å². The van der Waals surface area contributed by atoms with Crippen molar-refractivity contribution in [1.82, 2.24) is 15.1 Å². The fraction of sp³-hybridized carbons (Fsp3) is 0.312. The first-order chi connectivity index (χ1) is 11.1. The third-order valence-corrected chi connectivity index (χ3v) is 4.04. The topological polar surface area (TPSA) is 84.2 Å². The van der Waals surface area contributed by atoms with Crippen LogP contribution in [0.2, 0.25) is 0 Å². The molecule has 1 aromatic carbocycles. The lowest BCUT2D eigenvalue weighted by atomic mass is 10.2. The highest BCUT2D eigenvalue weighted by atomic mass is 32.2. The summed E-state index contributed by atoms with van der Waals surface area (Å²) < 4.78 is 1.79. The first-order valence-corrected chi connectivity index (χ1v) is 8.46. The van der Waals surface area contributed by atoms with Crippen LogP contribution in [0, 0.1) is 0 Å². The van der Waals surface area contributed by atoms with Crippen LogP contribution >= 0.6 is 11.8 Å². The number of amides is 1. The molecule has 0 unspecified atom stereocenters. The van der Waals surface area contributed by atoms with Crippen molar-refractivity contribution in [1.29, 1.82) is 0 Å². The molecule has 7 heteroatoms. The maximum Gasteiger partial charge on any atom is 0.313 e. The average Bonchev–Trinajstić information content (AvgIpc) is 3.02. The summed E-state index contributed by atoms with van der Waals surface area (Å²) in [7, 11) is 0. The molecule has 2 aromatic rings. The molecule has 0 spiro atoms. The molecule has 6 nitrogen and oxygen atoms in total. The molecule has 0 atom stereocenters. The molecule has 0 fully saturated rings. The summed E-state index contributed by atoms with van der Waals surface area (Å²) in [5.41, 5.74) is 1.99. The number of nitrogens with one attached hydrogen (secondary N) is 1. The number of carbonyl (C=O) groups excluding carboxylic acids is 1. The second kappa shape index (κ2) is 8.99. The lowest BCUT2D eigenvalue weighted by molar-refractivity contribution is -0.133. The van der Waals surface area contributed by atoms with E-state index in [-0.39, 0.29) is 11.7 Å². The predicted octanol–water partition coefficient (Wildman–Crippen LogP) is 1.74. The fourth-order valence-electron chi connectivity index (χ4n) is 1.98. The van der Waals surface area contributed by atoms with Crippen molar-refractivity contribution < 1.29 is 14.7 Å². The van der Waals surface area contributed by atoms with Gasteiger partial charge in [-0.05, 0) is 24.1 Å². The van der Waals surface area contributed by atoms with Crippen LogP contribution in [0.15, 0.2) is 42.7 Å². The number of nitrogens with zero attached hydrogens (tertiary/aromatic N) is 2. The molecule has 0 bridgehead atoms. The van der Waals surface area contributed by atoms with Gasteiger partial charge >= 0.3 is 5.97 Å². The van der Waals surface area contributed by atoms with Crippen LogP contribution in [0.1, 0.15) is 12.0 Å². The second-order valence-corrected chi connectivity index (χ2v) is 6.03. The van der Waals surface area contributed by atoms with Crippen molar-refractivity contribution in [2.24, 2.45) is 0 Å². The van der Waals surface area contributed by atoms with E-state index in [0.717, 1.165) is 11.3 Å². The van der Waals surface area contributed by atoms with Crippen LogP contribution in [-0.2, 0) is 16.0 Å². The van der Waals surface area contributed by atoms with Gasteiger partial charge in [-0.15, -0.1) is 11.8 Å². The van der Waals surface area contributed by atoms with Crippen molar-refractivity contribution >= 4 is 23.6 Å². The Morgan fingerprint density at radius 1 is 1.26 bits per heavy atom. The van der Waals surface area contributed by atoms with Crippen molar-refractivity contribution in [2.45, 2.75) is 12.8 Å². The van der Waals surface area contributed by atoms with Gasteiger partial charge in [0.05, 0.1) is 17.6 Å². The maximum absolute atomic E-state index is 11.7. The number of rotatable bonds is 9. The number of aliphatic carboxylic acids is 1. The highest BCUT2D eigenvalue weighted by Crippen LogP contribution is 2.09. The third kappa shape index (κ3) is 6.15. The van der Waals surface area contributed by atoms with Crippen LogP contribution in [0.5, 0.6) is 0 Å². The standard InChI is InChI=1S/C16H19N3O3S/c20-15(17-8-9-23-12-16(21)22)7-6-13-10-18-19(11-13)14-4-2-1-3-5-14/h1-5,10-11H,6-9,12H2,(H,17,20)(H,21,22). The Morgan fingerprint density at radius 2 is 2.04 bits per heavy atom. The zero-order valence-corrected chi connectivity index (χ0v) is 13.5. The van der Waals surface area contributed by atoms with Gasteiger partial charge in [-0.3, -0.25) is 9.59 Å².